The molecule has 6 nitrogen and oxygen atoms in total. The Morgan fingerprint density at radius 3 is 2.65 bits per heavy atom. The highest BCUT2D eigenvalue weighted by atomic mass is 35.5. The van der Waals surface area contributed by atoms with Crippen LogP contribution in [0.15, 0.2) is 54.9 Å². The Hall–Kier alpha value is -2.86. The first-order chi connectivity index (χ1) is 11.2. The van der Waals surface area contributed by atoms with Crippen molar-refractivity contribution in [1.82, 2.24) is 14.8 Å². The van der Waals surface area contributed by atoms with Gasteiger partial charge in [0.15, 0.2) is 11.4 Å². The first kappa shape index (κ1) is 15.1. The van der Waals surface area contributed by atoms with Crippen molar-refractivity contribution >= 4 is 23.3 Å². The van der Waals surface area contributed by atoms with E-state index in [-0.39, 0.29) is 5.69 Å². The number of benzene rings is 1. The van der Waals surface area contributed by atoms with Gasteiger partial charge in [0.1, 0.15) is 5.82 Å². The summed E-state index contributed by atoms with van der Waals surface area (Å²) in [4.78, 5) is 16.4. The number of ether oxygens (including phenoxy) is 1. The number of halogens is 1. The smallest absolute Gasteiger partial charge is 0.281 e. The maximum atomic E-state index is 12.4. The summed E-state index contributed by atoms with van der Waals surface area (Å²) < 4.78 is 6.83. The van der Waals surface area contributed by atoms with Crippen LogP contribution in [0.4, 0.5) is 5.82 Å². The van der Waals surface area contributed by atoms with E-state index in [1.54, 1.807) is 23.0 Å². The van der Waals surface area contributed by atoms with Gasteiger partial charge < -0.3 is 10.1 Å². The normalized spacial score (nSPS) is 10.3. The van der Waals surface area contributed by atoms with Crippen LogP contribution in [0.2, 0.25) is 5.02 Å². The van der Waals surface area contributed by atoms with Gasteiger partial charge in [-0.3, -0.25) is 4.79 Å². The number of hydrogen-bond acceptors (Lipinski definition) is 4. The monoisotopic (exact) mass is 328 g/mol. The second-order valence-electron chi connectivity index (χ2n) is 4.64. The molecule has 0 aliphatic heterocycles. The zero-order chi connectivity index (χ0) is 16.2. The van der Waals surface area contributed by atoms with Crippen LogP contribution in [0.5, 0.6) is 5.75 Å². The van der Waals surface area contributed by atoms with Gasteiger partial charge in [-0.15, -0.1) is 0 Å². The summed E-state index contributed by atoms with van der Waals surface area (Å²) in [5, 5.41) is 7.45. The number of rotatable bonds is 4. The third-order valence-corrected chi connectivity index (χ3v) is 3.33. The van der Waals surface area contributed by atoms with Gasteiger partial charge in [0.25, 0.3) is 5.91 Å². The van der Waals surface area contributed by atoms with Gasteiger partial charge in [0.2, 0.25) is 0 Å². The van der Waals surface area contributed by atoms with E-state index in [1.807, 2.05) is 30.3 Å². The highest BCUT2D eigenvalue weighted by Crippen LogP contribution is 2.20. The molecule has 0 radical (unpaired) electrons. The highest BCUT2D eigenvalue weighted by molar-refractivity contribution is 6.30. The summed E-state index contributed by atoms with van der Waals surface area (Å²) in [7, 11) is 1.49. The van der Waals surface area contributed by atoms with E-state index >= 15 is 0 Å². The molecule has 2 aromatic heterocycles. The minimum atomic E-state index is -0.411. The molecule has 0 spiro atoms. The summed E-state index contributed by atoms with van der Waals surface area (Å²) in [6.45, 7) is 0. The molecule has 1 aromatic carbocycles. The molecule has 0 saturated heterocycles. The largest absolute Gasteiger partial charge is 0.493 e. The van der Waals surface area contributed by atoms with Crippen LogP contribution in [-0.2, 0) is 0 Å². The number of carbonyl (C=O) groups excluding carboxylic acids is 1. The van der Waals surface area contributed by atoms with E-state index < -0.39 is 5.91 Å². The summed E-state index contributed by atoms with van der Waals surface area (Å²) in [5.41, 5.74) is 1.00. The summed E-state index contributed by atoms with van der Waals surface area (Å²) in [6.07, 6.45) is 3.11. The molecule has 1 amide bonds. The number of nitrogens with one attached hydrogen (secondary N) is 1. The van der Waals surface area contributed by atoms with E-state index in [9.17, 15) is 4.79 Å². The van der Waals surface area contributed by atoms with Crippen LogP contribution in [0, 0.1) is 0 Å². The van der Waals surface area contributed by atoms with E-state index in [0.717, 1.165) is 5.69 Å². The van der Waals surface area contributed by atoms with Crippen LogP contribution >= 0.6 is 11.6 Å². The predicted molar refractivity (Wildman–Crippen MR) is 87.3 cm³/mol. The van der Waals surface area contributed by atoms with E-state index in [1.165, 1.54) is 13.3 Å². The maximum absolute atomic E-state index is 12.4. The average molecular weight is 329 g/mol. The number of carbonyl (C=O) groups is 1. The standard InChI is InChI=1S/C16H13ClN4O2/c1-23-13-10-21(12-5-3-2-4-6-12)20-15(13)16(22)19-14-8-7-11(17)9-18-14/h2-10H,1H3,(H,18,19,22). The fourth-order valence-electron chi connectivity index (χ4n) is 2.00. The van der Waals surface area contributed by atoms with Gasteiger partial charge in [-0.05, 0) is 24.3 Å². The highest BCUT2D eigenvalue weighted by Gasteiger charge is 2.18. The predicted octanol–water partition coefficient (Wildman–Crippen LogP) is 3.18. The first-order valence-corrected chi connectivity index (χ1v) is 7.17. The van der Waals surface area contributed by atoms with Crippen molar-refractivity contribution in [1.29, 1.82) is 0 Å². The molecule has 0 aliphatic carbocycles. The lowest BCUT2D eigenvalue weighted by Gasteiger charge is -2.03. The molecular weight excluding hydrogens is 316 g/mol. The molecule has 3 aromatic rings. The minimum absolute atomic E-state index is 0.174. The van der Waals surface area contributed by atoms with E-state index in [4.69, 9.17) is 16.3 Å². The van der Waals surface area contributed by atoms with Crippen LogP contribution < -0.4 is 10.1 Å². The van der Waals surface area contributed by atoms with Crippen LogP contribution in [0.25, 0.3) is 5.69 Å². The average Bonchev–Trinajstić information content (AvgIpc) is 3.02. The minimum Gasteiger partial charge on any atom is -0.493 e. The zero-order valence-electron chi connectivity index (χ0n) is 12.2. The second kappa shape index (κ2) is 6.50. The number of pyridine rings is 1. The Bertz CT molecular complexity index is 816. The quantitative estimate of drug-likeness (QED) is 0.798. The van der Waals surface area contributed by atoms with Crippen molar-refractivity contribution in [2.45, 2.75) is 0 Å². The Kier molecular flexibility index (Phi) is 4.25. The molecule has 0 unspecified atom stereocenters. The molecule has 2 heterocycles. The van der Waals surface area contributed by atoms with Gasteiger partial charge in [-0.1, -0.05) is 29.8 Å². The molecule has 3 rings (SSSR count). The van der Waals surface area contributed by atoms with Crippen molar-refractivity contribution in [3.63, 3.8) is 0 Å². The Morgan fingerprint density at radius 1 is 1.22 bits per heavy atom. The molecule has 7 heteroatoms. The number of methoxy groups -OCH3 is 1. The third-order valence-electron chi connectivity index (χ3n) is 3.11. The topological polar surface area (TPSA) is 69.0 Å². The molecule has 1 N–H and O–H groups in total. The van der Waals surface area contributed by atoms with Gasteiger partial charge in [-0.25, -0.2) is 9.67 Å². The molecule has 116 valence electrons. The number of anilines is 1. The lowest BCUT2D eigenvalue weighted by Crippen LogP contribution is -2.15. The fourth-order valence-corrected chi connectivity index (χ4v) is 2.11. The lowest BCUT2D eigenvalue weighted by molar-refractivity contribution is 0.101. The molecule has 0 fully saturated rings. The van der Waals surface area contributed by atoms with Crippen LogP contribution in [0.3, 0.4) is 0 Å². The molecule has 0 aliphatic rings. The van der Waals surface area contributed by atoms with Crippen LogP contribution in [-0.4, -0.2) is 27.8 Å². The SMILES string of the molecule is COc1cn(-c2ccccc2)nc1C(=O)Nc1ccc(Cl)cn1. The molecule has 0 saturated carbocycles. The van der Waals surface area contributed by atoms with E-state index in [0.29, 0.717) is 16.6 Å². The number of para-hydroxylation sites is 1. The van der Waals surface area contributed by atoms with Gasteiger partial charge in [0.05, 0.1) is 24.0 Å². The molecule has 23 heavy (non-hydrogen) atoms. The third kappa shape index (κ3) is 3.32. The number of amides is 1. The number of aromatic nitrogens is 3. The summed E-state index contributed by atoms with van der Waals surface area (Å²) in [5.74, 6) is 0.349. The van der Waals surface area contributed by atoms with E-state index in [2.05, 4.69) is 15.4 Å². The Morgan fingerprint density at radius 2 is 2.00 bits per heavy atom. The van der Waals surface area contributed by atoms with Crippen molar-refractivity contribution in [3.05, 3.63) is 65.6 Å². The summed E-state index contributed by atoms with van der Waals surface area (Å²) >= 11 is 5.77. The maximum Gasteiger partial charge on any atom is 0.281 e. The van der Waals surface area contributed by atoms with Crippen molar-refractivity contribution < 1.29 is 9.53 Å². The van der Waals surface area contributed by atoms with Crippen molar-refractivity contribution in [2.75, 3.05) is 12.4 Å². The molecule has 0 bridgehead atoms. The first-order valence-electron chi connectivity index (χ1n) is 6.79. The van der Waals surface area contributed by atoms with Crippen LogP contribution in [0.1, 0.15) is 10.5 Å². The van der Waals surface area contributed by atoms with Gasteiger partial charge >= 0.3 is 0 Å². The lowest BCUT2D eigenvalue weighted by atomic mass is 10.3. The Labute approximate surface area is 137 Å². The number of nitrogens with zero attached hydrogens (tertiary/aromatic N) is 3. The van der Waals surface area contributed by atoms with Crippen molar-refractivity contribution in [2.24, 2.45) is 0 Å². The molecule has 0 atom stereocenters. The number of hydrogen-bond donors (Lipinski definition) is 1. The van der Waals surface area contributed by atoms with Gasteiger partial charge in [-0.2, -0.15) is 5.10 Å². The second-order valence-corrected chi connectivity index (χ2v) is 5.08. The fraction of sp³-hybridized carbons (Fsp3) is 0.0625. The Balaban J connectivity index is 1.88. The van der Waals surface area contributed by atoms with Gasteiger partial charge in [0, 0.05) is 6.20 Å². The molecular formula is C16H13ClN4O2. The summed E-state index contributed by atoms with van der Waals surface area (Å²) in [6, 6.07) is 12.7. The van der Waals surface area contributed by atoms with Crippen molar-refractivity contribution in [3.8, 4) is 11.4 Å². The zero-order valence-corrected chi connectivity index (χ0v) is 13.0.